The Bertz CT molecular complexity index is 920. The van der Waals surface area contributed by atoms with Crippen LogP contribution in [0, 0.1) is 0 Å². The van der Waals surface area contributed by atoms with Crippen LogP contribution in [0.25, 0.3) is 0 Å². The molecule has 28 heavy (non-hydrogen) atoms. The molecule has 0 aliphatic carbocycles. The van der Waals surface area contributed by atoms with E-state index in [9.17, 15) is 23.5 Å². The van der Waals surface area contributed by atoms with E-state index in [2.05, 4.69) is 15.3 Å². The van der Waals surface area contributed by atoms with Crippen LogP contribution in [-0.2, 0) is 4.74 Å². The molecular weight excluding hydrogens is 382 g/mol. The Morgan fingerprint density at radius 2 is 2.18 bits per heavy atom. The van der Waals surface area contributed by atoms with E-state index in [1.807, 2.05) is 0 Å². The topological polar surface area (TPSA) is 136 Å². The first-order valence-electron chi connectivity index (χ1n) is 8.00. The predicted octanol–water partition coefficient (Wildman–Crippen LogP) is -0.215. The standard InChI is InChI=1S/C16H16F2N4O6/c1-27-8-2-3-9(19-6-8)13(25)20-11-4-5-22(15(26)21-11)14-16(17,18)12(24)10(7-23)28-14/h2-6,10,12,14,23-24H,7H2,1H3,(H,20,21,25,26)/t10-,12-,14-/m1/s1. The lowest BCUT2D eigenvalue weighted by molar-refractivity contribution is -0.140. The number of pyridine rings is 1. The smallest absolute Gasteiger partial charge is 0.351 e. The highest BCUT2D eigenvalue weighted by atomic mass is 19.3. The summed E-state index contributed by atoms with van der Waals surface area (Å²) in [6.07, 6.45) is -3.71. The number of anilines is 1. The van der Waals surface area contributed by atoms with Gasteiger partial charge in [-0.2, -0.15) is 13.8 Å². The number of rotatable bonds is 5. The first-order chi connectivity index (χ1) is 13.3. The largest absolute Gasteiger partial charge is 0.495 e. The Labute approximate surface area is 156 Å². The monoisotopic (exact) mass is 398 g/mol. The average Bonchev–Trinajstić information content (AvgIpc) is 2.91. The molecule has 0 aromatic carbocycles. The fraction of sp³-hybridized carbons (Fsp3) is 0.375. The molecule has 2 aromatic rings. The third-order valence-electron chi connectivity index (χ3n) is 4.09. The van der Waals surface area contributed by atoms with E-state index in [0.29, 0.717) is 10.3 Å². The maximum atomic E-state index is 14.1. The summed E-state index contributed by atoms with van der Waals surface area (Å²) in [6.45, 7) is -0.849. The predicted molar refractivity (Wildman–Crippen MR) is 89.2 cm³/mol. The quantitative estimate of drug-likeness (QED) is 0.629. The number of hydrogen-bond acceptors (Lipinski definition) is 8. The van der Waals surface area contributed by atoms with E-state index in [0.717, 1.165) is 12.3 Å². The number of carbonyl (C=O) groups excluding carboxylic acids is 1. The zero-order valence-electron chi connectivity index (χ0n) is 14.5. The maximum Gasteiger partial charge on any atom is 0.351 e. The van der Waals surface area contributed by atoms with Gasteiger partial charge in [0.15, 0.2) is 6.10 Å². The van der Waals surface area contributed by atoms with E-state index in [4.69, 9.17) is 14.6 Å². The summed E-state index contributed by atoms with van der Waals surface area (Å²) in [5.41, 5.74) is -1.12. The molecule has 2 aromatic heterocycles. The number of amides is 1. The molecular formula is C16H16F2N4O6. The summed E-state index contributed by atoms with van der Waals surface area (Å²) in [4.78, 5) is 31.7. The van der Waals surface area contributed by atoms with E-state index >= 15 is 0 Å². The molecule has 1 aliphatic rings. The fourth-order valence-electron chi connectivity index (χ4n) is 2.60. The molecule has 12 heteroatoms. The number of hydrogen-bond donors (Lipinski definition) is 3. The number of ether oxygens (including phenoxy) is 2. The third kappa shape index (κ3) is 3.56. The number of carbonyl (C=O) groups is 1. The minimum atomic E-state index is -3.82. The maximum absolute atomic E-state index is 14.1. The molecule has 0 unspecified atom stereocenters. The van der Waals surface area contributed by atoms with Crippen LogP contribution in [0.3, 0.4) is 0 Å². The Hall–Kier alpha value is -2.96. The van der Waals surface area contributed by atoms with E-state index in [1.165, 1.54) is 25.4 Å². The number of aromatic nitrogens is 3. The highest BCUT2D eigenvalue weighted by molar-refractivity contribution is 6.02. The normalized spacial score (nSPS) is 23.4. The van der Waals surface area contributed by atoms with Gasteiger partial charge >= 0.3 is 11.6 Å². The number of alkyl halides is 2. The zero-order chi connectivity index (χ0) is 20.5. The van der Waals surface area contributed by atoms with Gasteiger partial charge in [0.05, 0.1) is 19.9 Å². The zero-order valence-corrected chi connectivity index (χ0v) is 14.5. The molecule has 1 amide bonds. The molecule has 3 atom stereocenters. The molecule has 10 nitrogen and oxygen atoms in total. The summed E-state index contributed by atoms with van der Waals surface area (Å²) in [5.74, 6) is -4.25. The van der Waals surface area contributed by atoms with Gasteiger partial charge < -0.3 is 25.0 Å². The van der Waals surface area contributed by atoms with Crippen molar-refractivity contribution in [1.29, 1.82) is 0 Å². The first-order valence-corrected chi connectivity index (χ1v) is 8.00. The van der Waals surface area contributed by atoms with Crippen molar-refractivity contribution >= 4 is 11.7 Å². The Morgan fingerprint density at radius 3 is 2.71 bits per heavy atom. The third-order valence-corrected chi connectivity index (χ3v) is 4.09. The van der Waals surface area contributed by atoms with Crippen LogP contribution in [0.5, 0.6) is 5.75 Å². The van der Waals surface area contributed by atoms with Crippen LogP contribution in [0.1, 0.15) is 16.7 Å². The molecule has 0 radical (unpaired) electrons. The van der Waals surface area contributed by atoms with Crippen LogP contribution in [0.2, 0.25) is 0 Å². The van der Waals surface area contributed by atoms with Crippen molar-refractivity contribution in [2.45, 2.75) is 24.4 Å². The van der Waals surface area contributed by atoms with Gasteiger partial charge in [-0.25, -0.2) is 9.78 Å². The van der Waals surface area contributed by atoms with Gasteiger partial charge in [-0.3, -0.25) is 9.36 Å². The molecule has 3 rings (SSSR count). The molecule has 0 saturated carbocycles. The Kier molecular flexibility index (Phi) is 5.36. The molecule has 0 bridgehead atoms. The lowest BCUT2D eigenvalue weighted by Gasteiger charge is -2.21. The van der Waals surface area contributed by atoms with Crippen molar-refractivity contribution in [3.63, 3.8) is 0 Å². The molecule has 1 saturated heterocycles. The minimum Gasteiger partial charge on any atom is -0.495 e. The summed E-state index contributed by atoms with van der Waals surface area (Å²) in [6, 6.07) is 4.01. The van der Waals surface area contributed by atoms with Crippen molar-refractivity contribution in [3.05, 3.63) is 46.8 Å². The number of aliphatic hydroxyl groups excluding tert-OH is 2. The average molecular weight is 398 g/mol. The van der Waals surface area contributed by atoms with Gasteiger partial charge in [0.1, 0.15) is 23.4 Å². The first kappa shape index (κ1) is 19.8. The lowest BCUT2D eigenvalue weighted by Crippen LogP contribution is -2.41. The molecule has 1 fully saturated rings. The van der Waals surface area contributed by atoms with Crippen LogP contribution in [0.4, 0.5) is 14.6 Å². The van der Waals surface area contributed by atoms with Gasteiger partial charge in [-0.15, -0.1) is 0 Å². The molecule has 0 spiro atoms. The summed E-state index contributed by atoms with van der Waals surface area (Å²) in [5, 5.41) is 20.9. The second kappa shape index (κ2) is 7.58. The van der Waals surface area contributed by atoms with E-state index in [1.54, 1.807) is 0 Å². The SMILES string of the molecule is COc1ccc(C(=O)Nc2ccn([C@@H]3O[C@H](CO)[C@@H](O)C3(F)F)c(=O)n2)nc1. The van der Waals surface area contributed by atoms with Crippen molar-refractivity contribution in [2.75, 3.05) is 19.0 Å². The number of halogens is 2. The molecule has 1 aliphatic heterocycles. The van der Waals surface area contributed by atoms with Crippen molar-refractivity contribution in [3.8, 4) is 5.75 Å². The van der Waals surface area contributed by atoms with Crippen LogP contribution >= 0.6 is 0 Å². The van der Waals surface area contributed by atoms with Gasteiger partial charge in [0, 0.05) is 6.20 Å². The highest BCUT2D eigenvalue weighted by Gasteiger charge is 2.59. The van der Waals surface area contributed by atoms with Crippen molar-refractivity contribution in [2.24, 2.45) is 0 Å². The Balaban J connectivity index is 1.79. The highest BCUT2D eigenvalue weighted by Crippen LogP contribution is 2.41. The van der Waals surface area contributed by atoms with E-state index in [-0.39, 0.29) is 11.5 Å². The second-order valence-electron chi connectivity index (χ2n) is 5.87. The minimum absolute atomic E-state index is 0.0198. The number of nitrogens with one attached hydrogen (secondary N) is 1. The van der Waals surface area contributed by atoms with Gasteiger partial charge in [0.25, 0.3) is 5.91 Å². The van der Waals surface area contributed by atoms with Gasteiger partial charge in [-0.1, -0.05) is 0 Å². The van der Waals surface area contributed by atoms with Crippen molar-refractivity contribution in [1.82, 2.24) is 14.5 Å². The number of aliphatic hydroxyl groups is 2. The van der Waals surface area contributed by atoms with Crippen LogP contribution in [0.15, 0.2) is 35.4 Å². The number of nitrogens with zero attached hydrogens (tertiary/aromatic N) is 3. The van der Waals surface area contributed by atoms with E-state index < -0.39 is 42.6 Å². The Morgan fingerprint density at radius 1 is 1.43 bits per heavy atom. The molecule has 3 heterocycles. The summed E-state index contributed by atoms with van der Waals surface area (Å²) < 4.78 is 38.6. The van der Waals surface area contributed by atoms with Gasteiger partial charge in [0.2, 0.25) is 6.23 Å². The lowest BCUT2D eigenvalue weighted by atomic mass is 10.1. The van der Waals surface area contributed by atoms with Crippen LogP contribution in [-0.4, -0.2) is 62.5 Å². The fourth-order valence-corrected chi connectivity index (χ4v) is 2.60. The van der Waals surface area contributed by atoms with Crippen LogP contribution < -0.4 is 15.7 Å². The molecule has 150 valence electrons. The summed E-state index contributed by atoms with van der Waals surface area (Å²) in [7, 11) is 1.44. The second-order valence-corrected chi connectivity index (χ2v) is 5.87. The number of methoxy groups -OCH3 is 1. The molecule has 3 N–H and O–H groups in total. The van der Waals surface area contributed by atoms with Crippen molar-refractivity contribution < 1.29 is 33.3 Å². The summed E-state index contributed by atoms with van der Waals surface area (Å²) >= 11 is 0. The van der Waals surface area contributed by atoms with Gasteiger partial charge in [-0.05, 0) is 18.2 Å².